The number of amides is 6. The number of anilines is 2. The van der Waals surface area contributed by atoms with Crippen LogP contribution in [-0.2, 0) is 63.8 Å². The number of nitrogens with zero attached hydrogens (tertiary/aromatic N) is 5. The van der Waals surface area contributed by atoms with E-state index in [-0.39, 0.29) is 68.4 Å². The van der Waals surface area contributed by atoms with Crippen LogP contribution in [0.2, 0.25) is 5.02 Å². The molecule has 23 nitrogen and oxygen atoms in total. The molecule has 5 heterocycles. The van der Waals surface area contributed by atoms with Crippen molar-refractivity contribution in [1.29, 1.82) is 0 Å². The van der Waals surface area contributed by atoms with E-state index in [1.54, 1.807) is 51.2 Å². The Balaban J connectivity index is 0.930. The molecule has 0 aromatic heterocycles. The Labute approximate surface area is 502 Å². The molecular formula is C58H76ClN7O16S2. The van der Waals surface area contributed by atoms with Crippen molar-refractivity contribution in [1.82, 2.24) is 20.7 Å². The molecule has 4 bridgehead atoms. The lowest BCUT2D eigenvalue weighted by Crippen LogP contribution is -2.63. The average molecular weight is 1230 g/mol. The molecule has 6 amide bonds. The van der Waals surface area contributed by atoms with Crippen molar-refractivity contribution in [2.75, 3.05) is 64.1 Å². The first-order chi connectivity index (χ1) is 39.7. The fraction of sp³-hybridized carbons (Fsp3) is 0.569. The Morgan fingerprint density at radius 3 is 2.46 bits per heavy atom. The summed E-state index contributed by atoms with van der Waals surface area (Å²) >= 11 is 6.84. The number of imide groups is 1. The van der Waals surface area contributed by atoms with Crippen molar-refractivity contribution < 1.29 is 76.7 Å². The van der Waals surface area contributed by atoms with Gasteiger partial charge in [0.05, 0.1) is 44.1 Å². The summed E-state index contributed by atoms with van der Waals surface area (Å²) in [6.07, 6.45) is 1.48. The average Bonchev–Trinajstić information content (AvgIpc) is 2.25. The van der Waals surface area contributed by atoms with E-state index in [4.69, 9.17) is 44.9 Å². The minimum Gasteiger partial charge on any atom is -0.495 e. The molecule has 2 aromatic rings. The van der Waals surface area contributed by atoms with Crippen LogP contribution in [0.5, 0.6) is 11.5 Å². The number of aliphatic hydroxyl groups is 1. The van der Waals surface area contributed by atoms with E-state index in [9.17, 15) is 43.5 Å². The third-order valence-electron chi connectivity index (χ3n) is 15.5. The zero-order valence-electron chi connectivity index (χ0n) is 49.3. The van der Waals surface area contributed by atoms with Crippen molar-refractivity contribution in [2.24, 2.45) is 11.0 Å². The quantitative estimate of drug-likeness (QED) is 0.0334. The Bertz CT molecular complexity index is 2950. The lowest BCUT2D eigenvalue weighted by Gasteiger charge is -2.42. The van der Waals surface area contributed by atoms with Gasteiger partial charge in [-0.25, -0.2) is 19.8 Å². The Morgan fingerprint density at radius 1 is 1.04 bits per heavy atom. The van der Waals surface area contributed by atoms with Crippen molar-refractivity contribution in [3.63, 3.8) is 0 Å². The minimum absolute atomic E-state index is 0.0186. The number of nitrogens with one attached hydrogen (secondary N) is 2. The number of hydrogen-bond acceptors (Lipinski definition) is 20. The van der Waals surface area contributed by atoms with Gasteiger partial charge >= 0.3 is 18.0 Å². The number of likely N-dealkylation sites (N-methyl/N-ethyl adjacent to an activating group) is 1. The summed E-state index contributed by atoms with van der Waals surface area (Å²) in [4.78, 5) is 114. The number of hydroxylamine groups is 2. The molecule has 0 radical (unpaired) electrons. The van der Waals surface area contributed by atoms with Crippen molar-refractivity contribution >= 4 is 97.8 Å². The zero-order chi connectivity index (χ0) is 61.4. The van der Waals surface area contributed by atoms with Gasteiger partial charge in [-0.3, -0.25) is 29.3 Å². The largest absolute Gasteiger partial charge is 0.495 e. The summed E-state index contributed by atoms with van der Waals surface area (Å²) in [5.41, 5.74) is 3.92. The highest BCUT2D eigenvalue weighted by molar-refractivity contribution is 8.77. The molecule has 3 N–H and O–H groups in total. The zero-order valence-corrected chi connectivity index (χ0v) is 51.7. The first-order valence-electron chi connectivity index (χ1n) is 27.7. The Hall–Kier alpha value is -6.38. The van der Waals surface area contributed by atoms with E-state index < -0.39 is 88.2 Å². The number of halogens is 1. The number of epoxide rings is 1. The summed E-state index contributed by atoms with van der Waals surface area (Å²) in [6, 6.07) is 7.94. The van der Waals surface area contributed by atoms with Gasteiger partial charge in [-0.1, -0.05) is 63.9 Å². The predicted octanol–water partition coefficient (Wildman–Crippen LogP) is 6.58. The predicted molar refractivity (Wildman–Crippen MR) is 315 cm³/mol. The highest BCUT2D eigenvalue weighted by Gasteiger charge is 2.64. The molecule has 2 aromatic carbocycles. The Morgan fingerprint density at radius 2 is 1.76 bits per heavy atom. The Kier molecular flexibility index (Phi) is 21.5. The molecule has 0 saturated carbocycles. The van der Waals surface area contributed by atoms with Crippen LogP contribution >= 0.6 is 33.2 Å². The van der Waals surface area contributed by atoms with Crippen LogP contribution in [0.1, 0.15) is 110 Å². The van der Waals surface area contributed by atoms with E-state index >= 15 is 0 Å². The van der Waals surface area contributed by atoms with Gasteiger partial charge in [-0.05, 0) is 77.3 Å². The molecule has 458 valence electrons. The van der Waals surface area contributed by atoms with Crippen LogP contribution in [0.25, 0.3) is 0 Å². The molecule has 84 heavy (non-hydrogen) atoms. The number of methoxy groups -OCH3 is 2. The van der Waals surface area contributed by atoms with Gasteiger partial charge in [0.2, 0.25) is 17.7 Å². The number of esters is 1. The van der Waals surface area contributed by atoms with E-state index in [2.05, 4.69) is 15.8 Å². The smallest absolute Gasteiger partial charge is 0.409 e. The van der Waals surface area contributed by atoms with Crippen molar-refractivity contribution in [3.05, 3.63) is 70.3 Å². The molecule has 3 fully saturated rings. The molecule has 5 aliphatic rings. The van der Waals surface area contributed by atoms with Crippen molar-refractivity contribution in [3.8, 4) is 11.5 Å². The number of carbonyl (C=O) groups excluding carboxylic acids is 8. The molecule has 0 aliphatic carbocycles. The van der Waals surface area contributed by atoms with E-state index in [0.717, 1.165) is 22.4 Å². The third-order valence-corrected chi connectivity index (χ3v) is 19.1. The van der Waals surface area contributed by atoms with Gasteiger partial charge in [0.1, 0.15) is 46.5 Å². The van der Waals surface area contributed by atoms with Crippen LogP contribution in [-0.4, -0.2) is 169 Å². The summed E-state index contributed by atoms with van der Waals surface area (Å²) < 4.78 is 34.9. The summed E-state index contributed by atoms with van der Waals surface area (Å²) in [5.74, 6) is -3.03. The first kappa shape index (κ1) is 65.2. The van der Waals surface area contributed by atoms with Gasteiger partial charge in [0, 0.05) is 107 Å². The van der Waals surface area contributed by atoms with Gasteiger partial charge < -0.3 is 53.1 Å². The monoisotopic (exact) mass is 1230 g/mol. The van der Waals surface area contributed by atoms with Gasteiger partial charge in [-0.2, -0.15) is 5.10 Å². The molecule has 1 unspecified atom stereocenters. The maximum absolute atomic E-state index is 14.4. The fourth-order valence-electron chi connectivity index (χ4n) is 10.3. The number of fused-ring (bicyclic) bond motifs is 6. The second-order valence-electron chi connectivity index (χ2n) is 22.4. The molecule has 7 rings (SSSR count). The number of hydrogen-bond donors (Lipinski definition) is 3. The van der Waals surface area contributed by atoms with Crippen molar-refractivity contribution in [2.45, 2.75) is 152 Å². The summed E-state index contributed by atoms with van der Waals surface area (Å²) in [5, 5.41) is 19.6. The number of ether oxygens (including phenoxy) is 6. The lowest BCUT2D eigenvalue weighted by molar-refractivity contribution is -0.197. The second-order valence-corrected chi connectivity index (χ2v) is 25.9. The molecular weight excluding hydrogens is 1150 g/mol. The van der Waals surface area contributed by atoms with E-state index in [1.807, 2.05) is 50.9 Å². The first-order valence-corrected chi connectivity index (χ1v) is 30.4. The van der Waals surface area contributed by atoms with E-state index in [0.29, 0.717) is 59.5 Å². The summed E-state index contributed by atoms with van der Waals surface area (Å²) in [7, 11) is 10.7. The third kappa shape index (κ3) is 15.9. The molecule has 5 aliphatic heterocycles. The highest BCUT2D eigenvalue weighted by Crippen LogP contribution is 2.49. The number of benzene rings is 2. The van der Waals surface area contributed by atoms with Gasteiger partial charge in [0.15, 0.2) is 5.72 Å². The van der Waals surface area contributed by atoms with Crippen LogP contribution in [0.4, 0.5) is 16.2 Å². The minimum atomic E-state index is -1.88. The number of allylic oxidation sites excluding steroid dienone is 3. The maximum atomic E-state index is 14.4. The van der Waals surface area contributed by atoms with E-state index in [1.165, 1.54) is 59.6 Å². The number of hydrazone groups is 1. The summed E-state index contributed by atoms with van der Waals surface area (Å²) in [6.45, 7) is 11.6. The number of carbonyl (C=O) groups is 8. The van der Waals surface area contributed by atoms with Crippen LogP contribution in [0, 0.1) is 5.92 Å². The SMILES string of the molecule is COc1cc2cc(c1Cl)N(C)C(=O)C[C@H](OC(=O)[C@H](C)N(C)C(=O)CCSSC(C)(C)CC(=O)N/N=C1\CCN(C)c3cc(OCCCC(=O)ON4C(=O)CCC4=O)ccc31)C1(C)O[C@H]1[C@H](C)[C@@H]1C[C@@](O)(NC(=O)O1)[C@H](OC)/C=C/C=C(\C)C2. The van der Waals surface area contributed by atoms with Gasteiger partial charge in [0.25, 0.3) is 11.8 Å². The maximum Gasteiger partial charge on any atom is 0.409 e. The topological polar surface area (TPSA) is 274 Å². The van der Waals surface area contributed by atoms with Crippen LogP contribution in [0.3, 0.4) is 0 Å². The fourth-order valence-corrected chi connectivity index (χ4v) is 13.1. The second kappa shape index (κ2) is 27.8. The van der Waals surface area contributed by atoms with Crippen LogP contribution in [0.15, 0.2) is 59.2 Å². The van der Waals surface area contributed by atoms with Crippen LogP contribution < -0.4 is 30.0 Å². The standard InChI is InChI=1S/C58H76ClN7O16S2/c1-33-14-12-15-44(77-11)58(75)31-43(79-55(74)60-58)34(2)53-57(6,81-53)45(30-50(71)65(9)41-27-36(26-33)28-42(76-10)52(41)59)80-54(73)35(3)64(8)47(68)22-25-83-84-56(4,5)32-46(67)62-61-39-21-23-63(7)40-29-37(17-18-38(39)40)78-24-13-16-51(72)82-66-48(69)19-20-49(66)70/h12,14-15,17-18,27-29,34-35,43-45,53,75H,13,16,19-26,30-32H2,1-11H3,(H,60,74)(H,62,67)/b15-12+,33-14+,61-39+/t34-,35+,43+,44-,45+,53+,57?,58+/m1/s1. The highest BCUT2D eigenvalue weighted by atomic mass is 35.5. The molecule has 3 saturated heterocycles. The molecule has 8 atom stereocenters. The lowest BCUT2D eigenvalue weighted by atomic mass is 9.83. The normalized spacial score (nSPS) is 26.4. The van der Waals surface area contributed by atoms with Gasteiger partial charge in [-0.15, -0.1) is 5.06 Å². The molecule has 0 spiro atoms. The number of rotatable bonds is 19. The number of alkyl carbamates (subject to hydrolysis) is 1. The molecule has 26 heteroatoms.